The Labute approximate surface area is 480 Å². The summed E-state index contributed by atoms with van der Waals surface area (Å²) in [6, 6.07) is 82.8. The van der Waals surface area contributed by atoms with Crippen molar-refractivity contribution in [2.24, 2.45) is 5.92 Å². The molecule has 2 aliphatic carbocycles. The summed E-state index contributed by atoms with van der Waals surface area (Å²) in [6.07, 6.45) is 14.8. The zero-order chi connectivity index (χ0) is 55.2. The van der Waals surface area contributed by atoms with E-state index < -0.39 is 0 Å². The van der Waals surface area contributed by atoms with Crippen molar-refractivity contribution in [3.05, 3.63) is 282 Å². The highest BCUT2D eigenvalue weighted by molar-refractivity contribution is 6.95. The van der Waals surface area contributed by atoms with Crippen LogP contribution in [0.15, 0.2) is 266 Å². The molecule has 2 aliphatic heterocycles. The standard InChI is InChI=1S/C78H69BN2/c1-76(2,3)60-46-53(45-55(47-60)74-65-39-25-23-37-63(65)73(52-27-13-8-14-28-52)64-38-24-26-40-66(64)74)54-48-71-75-72(49-54)81(62-35-21-12-22-36-62)70-44-42-59(78(6,7)57-31-17-10-18-32-57)51-68(70)79(75)67-50-58(77(4,5)56-29-15-9-16-30-56)41-43-69(67)80(71)61-33-19-11-20-34-61/h8-31,33-40,42,44-51,57H,32,41,43H2,1-7H3. The van der Waals surface area contributed by atoms with Crippen molar-refractivity contribution in [2.75, 3.05) is 9.80 Å². The summed E-state index contributed by atoms with van der Waals surface area (Å²) in [5.41, 5.74) is 24.1. The van der Waals surface area contributed by atoms with Crippen molar-refractivity contribution >= 4 is 67.6 Å². The van der Waals surface area contributed by atoms with Gasteiger partial charge in [-0.15, -0.1) is 0 Å². The third-order valence-corrected chi connectivity index (χ3v) is 18.8. The van der Waals surface area contributed by atoms with Gasteiger partial charge in [0.25, 0.3) is 6.71 Å². The van der Waals surface area contributed by atoms with Gasteiger partial charge >= 0.3 is 0 Å². The fourth-order valence-corrected chi connectivity index (χ4v) is 14.1. The van der Waals surface area contributed by atoms with E-state index in [1.54, 1.807) is 0 Å². The number of hydrogen-bond acceptors (Lipinski definition) is 2. The highest BCUT2D eigenvalue weighted by Gasteiger charge is 2.47. The number of allylic oxidation sites excluding steroid dienone is 8. The molecule has 3 heteroatoms. The Hall–Kier alpha value is -8.66. The van der Waals surface area contributed by atoms with E-state index in [4.69, 9.17) is 0 Å². The zero-order valence-electron chi connectivity index (χ0n) is 47.8. The Morgan fingerprint density at radius 3 is 1.56 bits per heavy atom. The molecular formula is C78H69BN2. The Balaban J connectivity index is 1.07. The second-order valence-electron chi connectivity index (χ2n) is 25.2. The monoisotopic (exact) mass is 1040 g/mol. The van der Waals surface area contributed by atoms with Gasteiger partial charge in [0.05, 0.1) is 0 Å². The fourth-order valence-electron chi connectivity index (χ4n) is 14.1. The lowest BCUT2D eigenvalue weighted by molar-refractivity contribution is 0.382. The van der Waals surface area contributed by atoms with Gasteiger partial charge in [0.2, 0.25) is 0 Å². The normalized spacial score (nSPS) is 15.9. The molecule has 0 fully saturated rings. The predicted octanol–water partition coefficient (Wildman–Crippen LogP) is 19.7. The topological polar surface area (TPSA) is 6.48 Å². The molecule has 0 saturated carbocycles. The highest BCUT2D eigenvalue weighted by Crippen LogP contribution is 2.52. The van der Waals surface area contributed by atoms with Crippen LogP contribution in [0.2, 0.25) is 0 Å². The summed E-state index contributed by atoms with van der Waals surface area (Å²) in [5.74, 6) is 0.383. The number of fused-ring (bicyclic) bond motifs is 5. The van der Waals surface area contributed by atoms with Gasteiger partial charge in [-0.1, -0.05) is 254 Å². The van der Waals surface area contributed by atoms with Crippen LogP contribution in [-0.4, -0.2) is 6.71 Å². The van der Waals surface area contributed by atoms with Crippen LogP contribution in [0.5, 0.6) is 0 Å². The lowest BCUT2D eigenvalue weighted by Gasteiger charge is -2.47. The van der Waals surface area contributed by atoms with Crippen LogP contribution in [-0.2, 0) is 16.2 Å². The van der Waals surface area contributed by atoms with E-state index in [0.717, 1.165) is 24.9 Å². The minimum Gasteiger partial charge on any atom is -0.315 e. The van der Waals surface area contributed by atoms with Gasteiger partial charge in [0.15, 0.2) is 0 Å². The molecule has 0 bridgehead atoms. The van der Waals surface area contributed by atoms with E-state index in [1.165, 1.54) is 122 Å². The van der Waals surface area contributed by atoms with Crippen molar-refractivity contribution in [3.63, 3.8) is 0 Å². The van der Waals surface area contributed by atoms with Crippen LogP contribution in [0.3, 0.4) is 0 Å². The highest BCUT2D eigenvalue weighted by atomic mass is 15.2. The average Bonchev–Trinajstić information content (AvgIpc) is 3.64. The first kappa shape index (κ1) is 50.6. The van der Waals surface area contributed by atoms with Gasteiger partial charge in [0, 0.05) is 39.5 Å². The van der Waals surface area contributed by atoms with Gasteiger partial charge in [-0.2, -0.15) is 0 Å². The molecule has 394 valence electrons. The average molecular weight is 1050 g/mol. The maximum atomic E-state index is 2.66. The van der Waals surface area contributed by atoms with Crippen molar-refractivity contribution in [1.82, 2.24) is 0 Å². The smallest absolute Gasteiger partial charge is 0.251 e. The first-order valence-electron chi connectivity index (χ1n) is 29.4. The van der Waals surface area contributed by atoms with Crippen molar-refractivity contribution < 1.29 is 0 Å². The summed E-state index contributed by atoms with van der Waals surface area (Å²) < 4.78 is 0. The predicted molar refractivity (Wildman–Crippen MR) is 348 cm³/mol. The summed E-state index contributed by atoms with van der Waals surface area (Å²) in [5, 5.41) is 5.05. The van der Waals surface area contributed by atoms with Gasteiger partial charge in [0.1, 0.15) is 0 Å². The molecule has 0 spiro atoms. The van der Waals surface area contributed by atoms with Crippen LogP contribution in [0.25, 0.3) is 54.9 Å². The minimum absolute atomic E-state index is 0.0225. The Morgan fingerprint density at radius 1 is 0.432 bits per heavy atom. The van der Waals surface area contributed by atoms with Crippen LogP contribution in [0.1, 0.15) is 84.4 Å². The lowest BCUT2D eigenvalue weighted by atomic mass is 9.32. The van der Waals surface area contributed by atoms with Crippen molar-refractivity contribution in [3.8, 4) is 33.4 Å². The second-order valence-corrected chi connectivity index (χ2v) is 25.2. The van der Waals surface area contributed by atoms with Gasteiger partial charge < -0.3 is 9.80 Å². The third kappa shape index (κ3) is 8.46. The largest absolute Gasteiger partial charge is 0.315 e. The molecule has 0 radical (unpaired) electrons. The Bertz CT molecular complexity index is 4170. The quantitative estimate of drug-likeness (QED) is 0.105. The number of benzene rings is 10. The van der Waals surface area contributed by atoms with Crippen LogP contribution in [0.4, 0.5) is 28.4 Å². The van der Waals surface area contributed by atoms with Crippen molar-refractivity contribution in [1.29, 1.82) is 0 Å². The summed E-state index contributed by atoms with van der Waals surface area (Å²) >= 11 is 0. The van der Waals surface area contributed by atoms with E-state index in [0.29, 0.717) is 5.92 Å². The van der Waals surface area contributed by atoms with E-state index in [1.807, 2.05) is 0 Å². The first-order valence-corrected chi connectivity index (χ1v) is 29.4. The fraction of sp³-hybridized carbons (Fsp3) is 0.179. The van der Waals surface area contributed by atoms with Crippen LogP contribution >= 0.6 is 0 Å². The molecule has 2 heterocycles. The molecule has 1 atom stereocenters. The molecule has 2 nitrogen and oxygen atoms in total. The Morgan fingerprint density at radius 2 is 0.963 bits per heavy atom. The zero-order valence-corrected chi connectivity index (χ0v) is 47.8. The minimum atomic E-state index is -0.170. The van der Waals surface area contributed by atoms with Crippen molar-refractivity contribution in [2.45, 2.75) is 84.0 Å². The molecule has 10 aromatic carbocycles. The molecule has 14 rings (SSSR count). The number of nitrogens with zero attached hydrogens (tertiary/aromatic N) is 2. The van der Waals surface area contributed by atoms with E-state index in [9.17, 15) is 0 Å². The second kappa shape index (κ2) is 19.6. The summed E-state index contributed by atoms with van der Waals surface area (Å²) in [7, 11) is 0. The number of anilines is 5. The molecule has 10 aromatic rings. The summed E-state index contributed by atoms with van der Waals surface area (Å²) in [4.78, 5) is 5.26. The molecule has 1 unspecified atom stereocenters. The van der Waals surface area contributed by atoms with E-state index in [-0.39, 0.29) is 23.0 Å². The van der Waals surface area contributed by atoms with Gasteiger partial charge in [-0.05, 0) is 173 Å². The maximum absolute atomic E-state index is 2.66. The molecule has 0 amide bonds. The molecule has 0 saturated heterocycles. The third-order valence-electron chi connectivity index (χ3n) is 18.8. The molecular weight excluding hydrogens is 976 g/mol. The molecule has 0 aromatic heterocycles. The Kier molecular flexibility index (Phi) is 12.2. The van der Waals surface area contributed by atoms with Gasteiger partial charge in [-0.25, -0.2) is 0 Å². The van der Waals surface area contributed by atoms with Crippen LogP contribution < -0.4 is 20.7 Å². The number of hydrogen-bond donors (Lipinski definition) is 0. The van der Waals surface area contributed by atoms with Gasteiger partial charge in [-0.3, -0.25) is 0 Å². The lowest BCUT2D eigenvalue weighted by Crippen LogP contribution is -2.56. The molecule has 81 heavy (non-hydrogen) atoms. The van der Waals surface area contributed by atoms with Crippen LogP contribution in [0, 0.1) is 5.92 Å². The number of para-hydroxylation sites is 2. The van der Waals surface area contributed by atoms with E-state index in [2.05, 4.69) is 307 Å². The maximum Gasteiger partial charge on any atom is 0.251 e. The first-order chi connectivity index (χ1) is 39.3. The summed E-state index contributed by atoms with van der Waals surface area (Å²) in [6.45, 7) is 16.9. The SMILES string of the molecule is CC(C)(C)c1cc(-c2cc3c4c(c2)N(c2ccccc2)c2ccc(C(C)(C)C5C=CC=CC5)cc2B4C2=C(CCC(C(C)(C)c4ccccc4)=C2)N3c2ccccc2)cc(-c2c3ccccc3c(-c3ccccc3)c3ccccc23)c1. The molecule has 0 N–H and O–H groups in total. The van der Waals surface area contributed by atoms with E-state index >= 15 is 0 Å². The molecule has 4 aliphatic rings. The number of rotatable bonds is 9.